The normalized spacial score (nSPS) is 10.6. The number of benzene rings is 1. The summed E-state index contributed by atoms with van der Waals surface area (Å²) in [5, 5.41) is 11.3. The summed E-state index contributed by atoms with van der Waals surface area (Å²) in [6.07, 6.45) is 0. The molecule has 0 aliphatic heterocycles. The molecule has 18 heavy (non-hydrogen) atoms. The minimum atomic E-state index is -0.529. The number of esters is 1. The van der Waals surface area contributed by atoms with Crippen molar-refractivity contribution in [2.24, 2.45) is 0 Å². The van der Waals surface area contributed by atoms with Crippen LogP contribution >= 0.6 is 15.9 Å². The average molecular weight is 313 g/mol. The summed E-state index contributed by atoms with van der Waals surface area (Å²) in [7, 11) is 0. The van der Waals surface area contributed by atoms with Crippen LogP contribution in [0.2, 0.25) is 0 Å². The maximum Gasteiger partial charge on any atom is 0.354 e. The third kappa shape index (κ3) is 2.21. The fourth-order valence-electron chi connectivity index (χ4n) is 1.65. The van der Waals surface area contributed by atoms with E-state index in [0.717, 1.165) is 0 Å². The Morgan fingerprint density at radius 2 is 2.22 bits per heavy atom. The number of carbonyl (C=O) groups is 1. The zero-order chi connectivity index (χ0) is 13.3. The largest absolute Gasteiger partial charge is 0.461 e. The Morgan fingerprint density at radius 1 is 1.50 bits per heavy atom. The summed E-state index contributed by atoms with van der Waals surface area (Å²) < 4.78 is 5.40. The first-order valence-electron chi connectivity index (χ1n) is 5.16. The molecule has 0 saturated heterocycles. The molecular formula is C11H9BrN2O4. The molecule has 0 aliphatic rings. The molecule has 0 amide bonds. The first-order valence-corrected chi connectivity index (χ1v) is 5.96. The Labute approximate surface area is 110 Å². The number of H-pyrrole nitrogens is 1. The number of hydrogen-bond acceptors (Lipinski definition) is 4. The van der Waals surface area contributed by atoms with Gasteiger partial charge in [0.2, 0.25) is 0 Å². The number of rotatable bonds is 3. The number of fused-ring (bicyclic) bond motifs is 1. The molecule has 1 N–H and O–H groups in total. The van der Waals surface area contributed by atoms with Crippen LogP contribution in [0.25, 0.3) is 10.9 Å². The number of nitro benzene ring substituents is 1. The van der Waals surface area contributed by atoms with E-state index >= 15 is 0 Å². The van der Waals surface area contributed by atoms with Crippen molar-refractivity contribution in [3.8, 4) is 0 Å². The number of halogens is 1. The Bertz CT molecular complexity index is 635. The number of nitrogens with zero attached hydrogens (tertiary/aromatic N) is 1. The van der Waals surface area contributed by atoms with Gasteiger partial charge in [0.15, 0.2) is 0 Å². The van der Waals surface area contributed by atoms with E-state index < -0.39 is 10.9 Å². The lowest BCUT2D eigenvalue weighted by atomic mass is 10.2. The van der Waals surface area contributed by atoms with E-state index in [0.29, 0.717) is 15.4 Å². The Hall–Kier alpha value is -1.89. The summed E-state index contributed by atoms with van der Waals surface area (Å²) in [6, 6.07) is 4.49. The van der Waals surface area contributed by atoms with Crippen molar-refractivity contribution in [1.29, 1.82) is 0 Å². The number of nitrogens with one attached hydrogen (secondary N) is 1. The standard InChI is InChI=1S/C11H9BrN2O4/c1-2-18-11(15)9-5-7-8(13-9)3-6(12)4-10(7)14(16)17/h3-5,13H,2H2,1H3. The summed E-state index contributed by atoms with van der Waals surface area (Å²) in [4.78, 5) is 24.8. The quantitative estimate of drug-likeness (QED) is 0.536. The Morgan fingerprint density at radius 3 is 2.83 bits per heavy atom. The zero-order valence-electron chi connectivity index (χ0n) is 9.40. The highest BCUT2D eigenvalue weighted by Crippen LogP contribution is 2.30. The number of ether oxygens (including phenoxy) is 1. The van der Waals surface area contributed by atoms with Gasteiger partial charge in [0.05, 0.1) is 22.4 Å². The van der Waals surface area contributed by atoms with E-state index in [2.05, 4.69) is 20.9 Å². The maximum absolute atomic E-state index is 11.5. The van der Waals surface area contributed by atoms with Gasteiger partial charge in [-0.05, 0) is 19.1 Å². The first kappa shape index (κ1) is 12.6. The lowest BCUT2D eigenvalue weighted by molar-refractivity contribution is -0.383. The second kappa shape index (κ2) is 4.77. The van der Waals surface area contributed by atoms with Crippen LogP contribution in [-0.2, 0) is 4.74 Å². The number of aromatic amines is 1. The van der Waals surface area contributed by atoms with Gasteiger partial charge in [-0.3, -0.25) is 10.1 Å². The van der Waals surface area contributed by atoms with Crippen LogP contribution < -0.4 is 0 Å². The third-order valence-electron chi connectivity index (χ3n) is 2.37. The lowest BCUT2D eigenvalue weighted by Gasteiger charge is -1.96. The van der Waals surface area contributed by atoms with Crippen LogP contribution in [0, 0.1) is 10.1 Å². The van der Waals surface area contributed by atoms with Gasteiger partial charge in [0.25, 0.3) is 5.69 Å². The van der Waals surface area contributed by atoms with Gasteiger partial charge in [-0.25, -0.2) is 4.79 Å². The third-order valence-corrected chi connectivity index (χ3v) is 2.83. The van der Waals surface area contributed by atoms with E-state index in [1.807, 2.05) is 0 Å². The summed E-state index contributed by atoms with van der Waals surface area (Å²) in [5.74, 6) is -0.529. The van der Waals surface area contributed by atoms with Gasteiger partial charge in [0.1, 0.15) is 5.69 Å². The molecule has 6 nitrogen and oxygen atoms in total. The predicted molar refractivity (Wildman–Crippen MR) is 68.6 cm³/mol. The predicted octanol–water partition coefficient (Wildman–Crippen LogP) is 3.02. The molecule has 7 heteroatoms. The van der Waals surface area contributed by atoms with E-state index in [9.17, 15) is 14.9 Å². The molecule has 0 unspecified atom stereocenters. The summed E-state index contributed by atoms with van der Waals surface area (Å²) in [6.45, 7) is 1.94. The molecular weight excluding hydrogens is 304 g/mol. The topological polar surface area (TPSA) is 85.2 Å². The number of non-ortho nitro benzene ring substituents is 1. The van der Waals surface area contributed by atoms with Crippen LogP contribution in [0.5, 0.6) is 0 Å². The van der Waals surface area contributed by atoms with Crippen molar-refractivity contribution in [2.45, 2.75) is 6.92 Å². The van der Waals surface area contributed by atoms with Crippen LogP contribution in [0.3, 0.4) is 0 Å². The van der Waals surface area contributed by atoms with E-state index in [1.165, 1.54) is 12.1 Å². The fraction of sp³-hybridized carbons (Fsp3) is 0.182. The molecule has 0 saturated carbocycles. The van der Waals surface area contributed by atoms with Crippen molar-refractivity contribution in [3.05, 3.63) is 38.5 Å². The van der Waals surface area contributed by atoms with E-state index in [1.54, 1.807) is 13.0 Å². The molecule has 1 aromatic heterocycles. The van der Waals surface area contributed by atoms with Crippen LogP contribution in [0.1, 0.15) is 17.4 Å². The van der Waals surface area contributed by atoms with E-state index in [-0.39, 0.29) is 18.0 Å². The minimum Gasteiger partial charge on any atom is -0.461 e. The van der Waals surface area contributed by atoms with Gasteiger partial charge in [0, 0.05) is 10.5 Å². The highest BCUT2D eigenvalue weighted by atomic mass is 79.9. The molecule has 0 aliphatic carbocycles. The van der Waals surface area contributed by atoms with E-state index in [4.69, 9.17) is 4.74 Å². The molecule has 1 aromatic carbocycles. The minimum absolute atomic E-state index is 0.0637. The molecule has 0 atom stereocenters. The van der Waals surface area contributed by atoms with Crippen LogP contribution in [0.4, 0.5) is 5.69 Å². The second-order valence-electron chi connectivity index (χ2n) is 3.55. The molecule has 2 aromatic rings. The monoisotopic (exact) mass is 312 g/mol. The zero-order valence-corrected chi connectivity index (χ0v) is 11.0. The Balaban J connectivity index is 2.60. The van der Waals surface area contributed by atoms with Gasteiger partial charge in [-0.1, -0.05) is 15.9 Å². The molecule has 94 valence electrons. The smallest absolute Gasteiger partial charge is 0.354 e. The van der Waals surface area contributed by atoms with Gasteiger partial charge in [-0.15, -0.1) is 0 Å². The average Bonchev–Trinajstić information content (AvgIpc) is 2.71. The van der Waals surface area contributed by atoms with Crippen molar-refractivity contribution in [1.82, 2.24) is 4.98 Å². The molecule has 2 rings (SSSR count). The van der Waals surface area contributed by atoms with Gasteiger partial charge < -0.3 is 9.72 Å². The highest BCUT2D eigenvalue weighted by Gasteiger charge is 2.18. The SMILES string of the molecule is CCOC(=O)c1cc2c([N+](=O)[O-])cc(Br)cc2[nH]1. The van der Waals surface area contributed by atoms with Gasteiger partial charge in [-0.2, -0.15) is 0 Å². The van der Waals surface area contributed by atoms with Crippen molar-refractivity contribution < 1.29 is 14.5 Å². The number of nitro groups is 1. The number of hydrogen-bond donors (Lipinski definition) is 1. The molecule has 0 fully saturated rings. The van der Waals surface area contributed by atoms with Crippen LogP contribution in [0.15, 0.2) is 22.7 Å². The highest BCUT2D eigenvalue weighted by molar-refractivity contribution is 9.10. The van der Waals surface area contributed by atoms with Gasteiger partial charge >= 0.3 is 5.97 Å². The fourth-order valence-corrected chi connectivity index (χ4v) is 2.10. The summed E-state index contributed by atoms with van der Waals surface area (Å²) >= 11 is 3.19. The van der Waals surface area contributed by atoms with Crippen LogP contribution in [-0.4, -0.2) is 22.5 Å². The first-order chi connectivity index (χ1) is 8.52. The molecule has 0 bridgehead atoms. The van der Waals surface area contributed by atoms with Crippen molar-refractivity contribution >= 4 is 38.5 Å². The number of aromatic nitrogens is 1. The number of carbonyl (C=O) groups excluding carboxylic acids is 1. The lowest BCUT2D eigenvalue weighted by Crippen LogP contribution is -2.04. The molecule has 0 radical (unpaired) electrons. The van der Waals surface area contributed by atoms with Crippen molar-refractivity contribution in [3.63, 3.8) is 0 Å². The molecule has 1 heterocycles. The Kier molecular flexibility index (Phi) is 3.33. The molecule has 0 spiro atoms. The maximum atomic E-state index is 11.5. The second-order valence-corrected chi connectivity index (χ2v) is 4.46. The summed E-state index contributed by atoms with van der Waals surface area (Å²) in [5.41, 5.74) is 0.651. The van der Waals surface area contributed by atoms with Crippen molar-refractivity contribution in [2.75, 3.05) is 6.61 Å².